The Balaban J connectivity index is 1.98. The number of halogens is 1. The minimum absolute atomic E-state index is 0.356. The molecule has 1 fully saturated rings. The summed E-state index contributed by atoms with van der Waals surface area (Å²) in [5, 5.41) is 3.94. The summed E-state index contributed by atoms with van der Waals surface area (Å²) < 4.78 is 5.78. The van der Waals surface area contributed by atoms with Crippen molar-refractivity contribution < 1.29 is 4.74 Å². The Morgan fingerprint density at radius 2 is 2.26 bits per heavy atom. The van der Waals surface area contributed by atoms with Gasteiger partial charge in [-0.2, -0.15) is 0 Å². The first-order valence-corrected chi connectivity index (χ1v) is 7.34. The number of ether oxygens (including phenoxy) is 1. The summed E-state index contributed by atoms with van der Waals surface area (Å²) in [6.45, 7) is 2.64. The quantitative estimate of drug-likeness (QED) is 0.898. The molecule has 1 N–H and O–H groups in total. The smallest absolute Gasteiger partial charge is 0.0749 e. The van der Waals surface area contributed by atoms with Crippen molar-refractivity contribution in [3.63, 3.8) is 0 Å². The lowest BCUT2D eigenvalue weighted by Crippen LogP contribution is -2.33. The fourth-order valence-electron chi connectivity index (χ4n) is 2.47. The molecule has 106 valence electrons. The first-order chi connectivity index (χ1) is 9.20. The van der Waals surface area contributed by atoms with Crippen molar-refractivity contribution in [3.8, 4) is 0 Å². The standard InChI is InChI=1S/C15H23ClN2O/c1-17-10-12-6-7-13(9-15(12)16)18(2)11-14-5-3-4-8-19-14/h6-7,9,14,17H,3-5,8,10-11H2,1-2H3. The van der Waals surface area contributed by atoms with Gasteiger partial charge in [0.15, 0.2) is 0 Å². The summed E-state index contributed by atoms with van der Waals surface area (Å²) in [6, 6.07) is 6.25. The number of anilines is 1. The molecule has 1 aromatic carbocycles. The zero-order valence-corrected chi connectivity index (χ0v) is 12.5. The molecule has 3 nitrogen and oxygen atoms in total. The molecule has 2 rings (SSSR count). The molecule has 0 bridgehead atoms. The molecule has 1 aliphatic rings. The van der Waals surface area contributed by atoms with E-state index in [4.69, 9.17) is 16.3 Å². The Morgan fingerprint density at radius 1 is 1.42 bits per heavy atom. The van der Waals surface area contributed by atoms with Gasteiger partial charge in [-0.1, -0.05) is 17.7 Å². The average molecular weight is 283 g/mol. The largest absolute Gasteiger partial charge is 0.376 e. The maximum absolute atomic E-state index is 6.30. The summed E-state index contributed by atoms with van der Waals surface area (Å²) in [4.78, 5) is 2.23. The molecule has 1 saturated heterocycles. The maximum atomic E-state index is 6.30. The van der Waals surface area contributed by atoms with Crippen LogP contribution >= 0.6 is 11.6 Å². The van der Waals surface area contributed by atoms with Crippen LogP contribution in [-0.4, -0.2) is 33.4 Å². The van der Waals surface area contributed by atoms with E-state index >= 15 is 0 Å². The Kier molecular flexibility index (Phi) is 5.49. The van der Waals surface area contributed by atoms with E-state index in [1.807, 2.05) is 13.1 Å². The van der Waals surface area contributed by atoms with Gasteiger partial charge in [-0.3, -0.25) is 0 Å². The van der Waals surface area contributed by atoms with Gasteiger partial charge in [0.25, 0.3) is 0 Å². The molecule has 0 radical (unpaired) electrons. The molecule has 4 heteroatoms. The van der Waals surface area contributed by atoms with Gasteiger partial charge < -0.3 is 15.0 Å². The van der Waals surface area contributed by atoms with Crippen LogP contribution in [0.1, 0.15) is 24.8 Å². The van der Waals surface area contributed by atoms with Crippen LogP contribution in [0.15, 0.2) is 18.2 Å². The van der Waals surface area contributed by atoms with Crippen LogP contribution in [0.4, 0.5) is 5.69 Å². The van der Waals surface area contributed by atoms with Gasteiger partial charge >= 0.3 is 0 Å². The lowest BCUT2D eigenvalue weighted by atomic mass is 10.1. The van der Waals surface area contributed by atoms with Crippen LogP contribution in [0.5, 0.6) is 0 Å². The Morgan fingerprint density at radius 3 is 2.89 bits per heavy atom. The molecule has 1 aromatic rings. The maximum Gasteiger partial charge on any atom is 0.0749 e. The van der Waals surface area contributed by atoms with Crippen molar-refractivity contribution in [1.29, 1.82) is 0 Å². The van der Waals surface area contributed by atoms with Crippen LogP contribution < -0.4 is 10.2 Å². The number of nitrogens with zero attached hydrogens (tertiary/aromatic N) is 1. The van der Waals surface area contributed by atoms with Crippen molar-refractivity contribution in [1.82, 2.24) is 5.32 Å². The summed E-state index contributed by atoms with van der Waals surface area (Å²) in [7, 11) is 4.03. The van der Waals surface area contributed by atoms with Crippen molar-refractivity contribution in [2.45, 2.75) is 31.9 Å². The Labute approximate surface area is 120 Å². The van der Waals surface area contributed by atoms with E-state index in [1.54, 1.807) is 0 Å². The molecule has 0 aliphatic carbocycles. The highest BCUT2D eigenvalue weighted by Crippen LogP contribution is 2.24. The van der Waals surface area contributed by atoms with Crippen molar-refractivity contribution >= 4 is 17.3 Å². The molecule has 0 spiro atoms. The predicted octanol–water partition coefficient (Wildman–Crippen LogP) is 3.06. The van der Waals surface area contributed by atoms with Crippen LogP contribution in [0.25, 0.3) is 0 Å². The van der Waals surface area contributed by atoms with E-state index in [1.165, 1.54) is 12.8 Å². The van der Waals surface area contributed by atoms with Crippen molar-refractivity contribution in [2.24, 2.45) is 0 Å². The molecule has 0 amide bonds. The summed E-state index contributed by atoms with van der Waals surface area (Å²) in [5.74, 6) is 0. The number of hydrogen-bond acceptors (Lipinski definition) is 3. The van der Waals surface area contributed by atoms with Crippen LogP contribution in [-0.2, 0) is 11.3 Å². The number of hydrogen-bond donors (Lipinski definition) is 1. The first-order valence-electron chi connectivity index (χ1n) is 6.96. The number of rotatable bonds is 5. The Bertz CT molecular complexity index is 405. The lowest BCUT2D eigenvalue weighted by Gasteiger charge is -2.29. The number of likely N-dealkylation sites (N-methyl/N-ethyl adjacent to an activating group) is 1. The summed E-state index contributed by atoms with van der Waals surface area (Å²) >= 11 is 6.30. The van der Waals surface area contributed by atoms with Crippen molar-refractivity contribution in [3.05, 3.63) is 28.8 Å². The Hall–Kier alpha value is -0.770. The summed E-state index contributed by atoms with van der Waals surface area (Å²) in [6.07, 6.45) is 4.00. The number of nitrogens with one attached hydrogen (secondary N) is 1. The lowest BCUT2D eigenvalue weighted by molar-refractivity contribution is 0.0216. The second-order valence-electron chi connectivity index (χ2n) is 5.18. The molecule has 19 heavy (non-hydrogen) atoms. The topological polar surface area (TPSA) is 24.5 Å². The predicted molar refractivity (Wildman–Crippen MR) is 81.1 cm³/mol. The second-order valence-corrected chi connectivity index (χ2v) is 5.58. The van der Waals surface area contributed by atoms with Crippen molar-refractivity contribution in [2.75, 3.05) is 32.1 Å². The third-order valence-electron chi connectivity index (χ3n) is 3.60. The molecular weight excluding hydrogens is 260 g/mol. The van der Waals surface area contributed by atoms with Gasteiger partial charge in [0.2, 0.25) is 0 Å². The van der Waals surface area contributed by atoms with E-state index < -0.39 is 0 Å². The van der Waals surface area contributed by atoms with E-state index in [0.717, 1.165) is 42.4 Å². The van der Waals surface area contributed by atoms with Gasteiger partial charge in [0, 0.05) is 37.5 Å². The molecular formula is C15H23ClN2O. The molecule has 1 heterocycles. The minimum atomic E-state index is 0.356. The molecule has 1 atom stereocenters. The van der Waals surface area contributed by atoms with Crippen LogP contribution in [0, 0.1) is 0 Å². The second kappa shape index (κ2) is 7.13. The molecule has 1 aliphatic heterocycles. The fourth-order valence-corrected chi connectivity index (χ4v) is 2.71. The zero-order chi connectivity index (χ0) is 13.7. The summed E-state index contributed by atoms with van der Waals surface area (Å²) in [5.41, 5.74) is 2.29. The van der Waals surface area contributed by atoms with Gasteiger partial charge in [-0.25, -0.2) is 0 Å². The fraction of sp³-hybridized carbons (Fsp3) is 0.600. The monoisotopic (exact) mass is 282 g/mol. The highest BCUT2D eigenvalue weighted by atomic mass is 35.5. The minimum Gasteiger partial charge on any atom is -0.376 e. The molecule has 0 aromatic heterocycles. The average Bonchev–Trinajstić information content (AvgIpc) is 2.42. The third-order valence-corrected chi connectivity index (χ3v) is 3.95. The van der Waals surface area contributed by atoms with E-state index in [-0.39, 0.29) is 0 Å². The number of benzene rings is 1. The highest BCUT2D eigenvalue weighted by Gasteiger charge is 2.16. The van der Waals surface area contributed by atoms with Gasteiger partial charge in [-0.15, -0.1) is 0 Å². The first kappa shape index (κ1) is 14.6. The highest BCUT2D eigenvalue weighted by molar-refractivity contribution is 6.31. The van der Waals surface area contributed by atoms with Gasteiger partial charge in [-0.05, 0) is 44.0 Å². The third kappa shape index (κ3) is 4.10. The van der Waals surface area contributed by atoms with E-state index in [9.17, 15) is 0 Å². The molecule has 0 saturated carbocycles. The van der Waals surface area contributed by atoms with Gasteiger partial charge in [0.05, 0.1) is 6.10 Å². The zero-order valence-electron chi connectivity index (χ0n) is 11.8. The molecule has 1 unspecified atom stereocenters. The SMILES string of the molecule is CNCc1ccc(N(C)CC2CCCCO2)cc1Cl. The van der Waals surface area contributed by atoms with E-state index in [0.29, 0.717) is 6.10 Å². The van der Waals surface area contributed by atoms with Gasteiger partial charge in [0.1, 0.15) is 0 Å². The van der Waals surface area contributed by atoms with E-state index in [2.05, 4.69) is 29.4 Å². The van der Waals surface area contributed by atoms with Crippen LogP contribution in [0.2, 0.25) is 5.02 Å². The van der Waals surface area contributed by atoms with Crippen LogP contribution in [0.3, 0.4) is 0 Å². The normalized spacial score (nSPS) is 19.4.